The standard InChI is InChI=1S/C17H24N4O3/c1-13(12-20-8-10-24-11-9-20)19-16(22)14-2-4-15(5-3-14)21-7-6-18-17(21)23/h2-5,13H,6-12H2,1H3,(H,18,23)(H,19,22). The average molecular weight is 332 g/mol. The molecule has 7 heteroatoms. The summed E-state index contributed by atoms with van der Waals surface area (Å²) in [6, 6.07) is 7.12. The van der Waals surface area contributed by atoms with Crippen LogP contribution in [0, 0.1) is 0 Å². The molecule has 1 aromatic carbocycles. The van der Waals surface area contributed by atoms with Gasteiger partial charge in [-0.2, -0.15) is 0 Å². The van der Waals surface area contributed by atoms with Crippen molar-refractivity contribution in [3.63, 3.8) is 0 Å². The molecule has 1 unspecified atom stereocenters. The highest BCUT2D eigenvalue weighted by molar-refractivity contribution is 5.97. The van der Waals surface area contributed by atoms with Crippen molar-refractivity contribution in [3.05, 3.63) is 29.8 Å². The molecule has 3 rings (SSSR count). The maximum atomic E-state index is 12.3. The Labute approximate surface area is 141 Å². The number of ether oxygens (including phenoxy) is 1. The zero-order valence-electron chi connectivity index (χ0n) is 14.0. The molecule has 24 heavy (non-hydrogen) atoms. The lowest BCUT2D eigenvalue weighted by Crippen LogP contribution is -2.46. The van der Waals surface area contributed by atoms with Gasteiger partial charge in [-0.1, -0.05) is 0 Å². The fourth-order valence-corrected chi connectivity index (χ4v) is 3.03. The van der Waals surface area contributed by atoms with Crippen molar-refractivity contribution in [1.29, 1.82) is 0 Å². The molecule has 0 bridgehead atoms. The molecule has 0 saturated carbocycles. The summed E-state index contributed by atoms with van der Waals surface area (Å²) in [6.07, 6.45) is 0. The van der Waals surface area contributed by atoms with Gasteiger partial charge in [0.15, 0.2) is 0 Å². The average Bonchev–Trinajstić information content (AvgIpc) is 3.02. The molecular formula is C17H24N4O3. The Kier molecular flexibility index (Phi) is 5.32. The van der Waals surface area contributed by atoms with Crippen LogP contribution in [-0.4, -0.2) is 68.8 Å². The van der Waals surface area contributed by atoms with Crippen molar-refractivity contribution in [3.8, 4) is 0 Å². The van der Waals surface area contributed by atoms with Crippen molar-refractivity contribution in [2.45, 2.75) is 13.0 Å². The Morgan fingerprint density at radius 2 is 1.96 bits per heavy atom. The van der Waals surface area contributed by atoms with Crippen LogP contribution >= 0.6 is 0 Å². The van der Waals surface area contributed by atoms with Crippen LogP contribution in [0.1, 0.15) is 17.3 Å². The van der Waals surface area contributed by atoms with Crippen molar-refractivity contribution in [2.75, 3.05) is 50.8 Å². The van der Waals surface area contributed by atoms with Gasteiger partial charge in [-0.25, -0.2) is 4.79 Å². The molecule has 2 N–H and O–H groups in total. The molecule has 2 saturated heterocycles. The first-order chi connectivity index (χ1) is 11.6. The van der Waals surface area contributed by atoms with E-state index < -0.39 is 0 Å². The van der Waals surface area contributed by atoms with Crippen LogP contribution in [-0.2, 0) is 4.74 Å². The first kappa shape index (κ1) is 16.7. The minimum Gasteiger partial charge on any atom is -0.379 e. The van der Waals surface area contributed by atoms with Crippen LogP contribution in [0.3, 0.4) is 0 Å². The Morgan fingerprint density at radius 3 is 2.58 bits per heavy atom. The summed E-state index contributed by atoms with van der Waals surface area (Å²) in [5.41, 5.74) is 1.41. The van der Waals surface area contributed by atoms with E-state index in [0.717, 1.165) is 38.5 Å². The van der Waals surface area contributed by atoms with E-state index in [4.69, 9.17) is 4.74 Å². The van der Waals surface area contributed by atoms with Gasteiger partial charge in [-0.15, -0.1) is 0 Å². The van der Waals surface area contributed by atoms with E-state index in [1.165, 1.54) is 0 Å². The van der Waals surface area contributed by atoms with Crippen molar-refractivity contribution >= 4 is 17.6 Å². The van der Waals surface area contributed by atoms with Crippen LogP contribution in [0.4, 0.5) is 10.5 Å². The maximum Gasteiger partial charge on any atom is 0.321 e. The monoisotopic (exact) mass is 332 g/mol. The van der Waals surface area contributed by atoms with E-state index in [1.807, 2.05) is 19.1 Å². The number of carbonyl (C=O) groups is 2. The van der Waals surface area contributed by atoms with Gasteiger partial charge in [0.25, 0.3) is 5.91 Å². The largest absolute Gasteiger partial charge is 0.379 e. The van der Waals surface area contributed by atoms with E-state index in [0.29, 0.717) is 18.7 Å². The minimum absolute atomic E-state index is 0.0691. The van der Waals surface area contributed by atoms with Crippen LogP contribution in [0.2, 0.25) is 0 Å². The quantitative estimate of drug-likeness (QED) is 0.831. The van der Waals surface area contributed by atoms with Crippen molar-refractivity contribution in [2.24, 2.45) is 0 Å². The third-order valence-corrected chi connectivity index (χ3v) is 4.31. The number of anilines is 1. The zero-order chi connectivity index (χ0) is 16.9. The molecule has 0 spiro atoms. The van der Waals surface area contributed by atoms with Crippen LogP contribution in [0.25, 0.3) is 0 Å². The molecule has 2 aliphatic heterocycles. The number of amides is 3. The molecule has 7 nitrogen and oxygen atoms in total. The predicted molar refractivity (Wildman–Crippen MR) is 91.4 cm³/mol. The third kappa shape index (κ3) is 4.04. The van der Waals surface area contributed by atoms with Crippen LogP contribution in [0.15, 0.2) is 24.3 Å². The van der Waals surface area contributed by atoms with Gasteiger partial charge >= 0.3 is 6.03 Å². The minimum atomic E-state index is -0.0914. The maximum absolute atomic E-state index is 12.3. The van der Waals surface area contributed by atoms with Crippen molar-refractivity contribution < 1.29 is 14.3 Å². The van der Waals surface area contributed by atoms with Crippen molar-refractivity contribution in [1.82, 2.24) is 15.5 Å². The summed E-state index contributed by atoms with van der Waals surface area (Å²) in [7, 11) is 0. The van der Waals surface area contributed by atoms with E-state index in [-0.39, 0.29) is 18.0 Å². The highest BCUT2D eigenvalue weighted by Crippen LogP contribution is 2.17. The first-order valence-corrected chi connectivity index (χ1v) is 8.40. The van der Waals surface area contributed by atoms with Crippen LogP contribution < -0.4 is 15.5 Å². The molecular weight excluding hydrogens is 308 g/mol. The smallest absolute Gasteiger partial charge is 0.321 e. The first-order valence-electron chi connectivity index (χ1n) is 8.40. The number of nitrogens with one attached hydrogen (secondary N) is 2. The number of morpholine rings is 1. The van der Waals surface area contributed by atoms with E-state index in [1.54, 1.807) is 17.0 Å². The van der Waals surface area contributed by atoms with Crippen LogP contribution in [0.5, 0.6) is 0 Å². The lowest BCUT2D eigenvalue weighted by atomic mass is 10.1. The number of carbonyl (C=O) groups excluding carboxylic acids is 2. The molecule has 2 aliphatic rings. The Bertz CT molecular complexity index is 584. The summed E-state index contributed by atoms with van der Waals surface area (Å²) in [5.74, 6) is -0.0896. The summed E-state index contributed by atoms with van der Waals surface area (Å²) >= 11 is 0. The van der Waals surface area contributed by atoms with Gasteiger partial charge in [0.1, 0.15) is 0 Å². The number of benzene rings is 1. The molecule has 3 amide bonds. The lowest BCUT2D eigenvalue weighted by molar-refractivity contribution is 0.0342. The second-order valence-electron chi connectivity index (χ2n) is 6.22. The fraction of sp³-hybridized carbons (Fsp3) is 0.529. The Hall–Kier alpha value is -2.12. The predicted octanol–water partition coefficient (Wildman–Crippen LogP) is 0.667. The number of nitrogens with zero attached hydrogens (tertiary/aromatic N) is 2. The number of rotatable bonds is 5. The summed E-state index contributed by atoms with van der Waals surface area (Å²) in [4.78, 5) is 28.0. The van der Waals surface area contributed by atoms with E-state index in [2.05, 4.69) is 15.5 Å². The normalized spacial score (nSPS) is 19.9. The Balaban J connectivity index is 1.53. The van der Waals surface area contributed by atoms with Gasteiger partial charge in [0.05, 0.1) is 13.2 Å². The van der Waals surface area contributed by atoms with Gasteiger partial charge in [0.2, 0.25) is 0 Å². The highest BCUT2D eigenvalue weighted by Gasteiger charge is 2.21. The fourth-order valence-electron chi connectivity index (χ4n) is 3.03. The summed E-state index contributed by atoms with van der Waals surface area (Å²) in [5, 5.41) is 5.79. The summed E-state index contributed by atoms with van der Waals surface area (Å²) < 4.78 is 5.33. The molecule has 2 heterocycles. The second-order valence-corrected chi connectivity index (χ2v) is 6.22. The van der Waals surface area contributed by atoms with E-state index in [9.17, 15) is 9.59 Å². The zero-order valence-corrected chi connectivity index (χ0v) is 14.0. The van der Waals surface area contributed by atoms with Gasteiger partial charge in [0, 0.05) is 50.0 Å². The molecule has 1 atom stereocenters. The second kappa shape index (κ2) is 7.63. The molecule has 1 aromatic rings. The molecule has 0 radical (unpaired) electrons. The van der Waals surface area contributed by atoms with Gasteiger partial charge < -0.3 is 15.4 Å². The Morgan fingerprint density at radius 1 is 1.25 bits per heavy atom. The van der Waals surface area contributed by atoms with Gasteiger partial charge in [-0.3, -0.25) is 14.6 Å². The number of hydrogen-bond donors (Lipinski definition) is 2. The third-order valence-electron chi connectivity index (χ3n) is 4.31. The molecule has 2 fully saturated rings. The van der Waals surface area contributed by atoms with E-state index >= 15 is 0 Å². The topological polar surface area (TPSA) is 73.9 Å². The number of hydrogen-bond acceptors (Lipinski definition) is 4. The molecule has 130 valence electrons. The summed E-state index contributed by atoms with van der Waals surface area (Å²) in [6.45, 7) is 7.47. The number of urea groups is 1. The molecule has 0 aromatic heterocycles. The lowest BCUT2D eigenvalue weighted by Gasteiger charge is -2.29. The highest BCUT2D eigenvalue weighted by atomic mass is 16.5. The van der Waals surface area contributed by atoms with Gasteiger partial charge in [-0.05, 0) is 31.2 Å². The SMILES string of the molecule is CC(CN1CCOCC1)NC(=O)c1ccc(N2CCNC2=O)cc1. The molecule has 0 aliphatic carbocycles.